The van der Waals surface area contributed by atoms with Gasteiger partial charge in [-0.2, -0.15) is 0 Å². The summed E-state index contributed by atoms with van der Waals surface area (Å²) in [6, 6.07) is 10.3. The molecule has 1 aromatic carbocycles. The van der Waals surface area contributed by atoms with Crippen molar-refractivity contribution < 1.29 is 4.74 Å². The molecule has 0 aromatic heterocycles. The first kappa shape index (κ1) is 18.8. The zero-order chi connectivity index (χ0) is 15.7. The first-order chi connectivity index (χ1) is 10.9. The minimum atomic E-state index is 0.924. The van der Waals surface area contributed by atoms with E-state index >= 15 is 0 Å². The van der Waals surface area contributed by atoms with E-state index in [0.29, 0.717) is 0 Å². The Labute approximate surface area is 137 Å². The fraction of sp³-hybridized carbons (Fsp3) is 0.619. The van der Waals surface area contributed by atoms with E-state index in [9.17, 15) is 0 Å². The minimum Gasteiger partial charge on any atom is -0.381 e. The highest BCUT2D eigenvalue weighted by molar-refractivity contribution is 5.33. The Morgan fingerprint density at radius 2 is 1.41 bits per heavy atom. The second-order valence-corrected chi connectivity index (χ2v) is 5.86. The van der Waals surface area contributed by atoms with Crippen LogP contribution in [0.15, 0.2) is 30.3 Å². The maximum absolute atomic E-state index is 5.48. The Balaban J connectivity index is 1.81. The fourth-order valence-electron chi connectivity index (χ4n) is 2.41. The number of ether oxygens (including phenoxy) is 1. The molecule has 0 aliphatic carbocycles. The van der Waals surface area contributed by atoms with Gasteiger partial charge in [0.05, 0.1) is 0 Å². The molecule has 0 atom stereocenters. The SMILES string of the molecule is CCCOCCCCCCCCCCC#Cc1ccccc1. The zero-order valence-electron chi connectivity index (χ0n) is 14.3. The Morgan fingerprint density at radius 1 is 0.773 bits per heavy atom. The quantitative estimate of drug-likeness (QED) is 0.341. The molecule has 1 rings (SSSR count). The van der Waals surface area contributed by atoms with Crippen LogP contribution in [-0.2, 0) is 4.74 Å². The molecule has 0 amide bonds. The average Bonchev–Trinajstić information content (AvgIpc) is 2.56. The van der Waals surface area contributed by atoms with Gasteiger partial charge in [0.2, 0.25) is 0 Å². The molecule has 0 heterocycles. The summed E-state index contributed by atoms with van der Waals surface area (Å²) in [6.07, 6.45) is 12.8. The first-order valence-electron chi connectivity index (χ1n) is 9.05. The maximum atomic E-state index is 5.48. The van der Waals surface area contributed by atoms with Crippen LogP contribution < -0.4 is 0 Å². The smallest absolute Gasteiger partial charge is 0.0466 e. The normalized spacial score (nSPS) is 10.2. The maximum Gasteiger partial charge on any atom is 0.0466 e. The molecule has 0 spiro atoms. The van der Waals surface area contributed by atoms with E-state index in [4.69, 9.17) is 4.74 Å². The van der Waals surface area contributed by atoms with E-state index in [1.165, 1.54) is 51.4 Å². The summed E-state index contributed by atoms with van der Waals surface area (Å²) in [4.78, 5) is 0. The fourth-order valence-corrected chi connectivity index (χ4v) is 2.41. The van der Waals surface area contributed by atoms with Crippen molar-refractivity contribution in [2.45, 2.75) is 71.1 Å². The van der Waals surface area contributed by atoms with Crippen LogP contribution >= 0.6 is 0 Å². The van der Waals surface area contributed by atoms with Crippen LogP contribution in [0.3, 0.4) is 0 Å². The summed E-state index contributed by atoms with van der Waals surface area (Å²) in [7, 11) is 0. The van der Waals surface area contributed by atoms with E-state index in [0.717, 1.165) is 31.6 Å². The predicted molar refractivity (Wildman–Crippen MR) is 96.0 cm³/mol. The summed E-state index contributed by atoms with van der Waals surface area (Å²) in [5.41, 5.74) is 1.13. The topological polar surface area (TPSA) is 9.23 Å². The third-order valence-corrected chi connectivity index (χ3v) is 3.70. The van der Waals surface area contributed by atoms with Gasteiger partial charge in [0.15, 0.2) is 0 Å². The molecule has 0 saturated heterocycles. The van der Waals surface area contributed by atoms with Crippen LogP contribution in [0.1, 0.15) is 76.7 Å². The molecular weight excluding hydrogens is 268 g/mol. The van der Waals surface area contributed by atoms with Crippen molar-refractivity contribution >= 4 is 0 Å². The van der Waals surface area contributed by atoms with Crippen molar-refractivity contribution in [3.05, 3.63) is 35.9 Å². The van der Waals surface area contributed by atoms with Crippen LogP contribution in [0.25, 0.3) is 0 Å². The highest BCUT2D eigenvalue weighted by atomic mass is 16.5. The molecule has 0 fully saturated rings. The monoisotopic (exact) mass is 300 g/mol. The molecule has 0 radical (unpaired) electrons. The average molecular weight is 300 g/mol. The molecule has 22 heavy (non-hydrogen) atoms. The van der Waals surface area contributed by atoms with E-state index in [1.807, 2.05) is 18.2 Å². The molecule has 1 heteroatoms. The lowest BCUT2D eigenvalue weighted by atomic mass is 10.1. The second kappa shape index (κ2) is 14.7. The van der Waals surface area contributed by atoms with Gasteiger partial charge in [0, 0.05) is 25.2 Å². The number of benzene rings is 1. The Bertz CT molecular complexity index is 399. The predicted octanol–water partition coefficient (Wildman–Crippen LogP) is 5.98. The summed E-state index contributed by atoms with van der Waals surface area (Å²) in [5, 5.41) is 0. The van der Waals surface area contributed by atoms with Crippen LogP contribution in [0.4, 0.5) is 0 Å². The van der Waals surface area contributed by atoms with Crippen LogP contribution in [0.2, 0.25) is 0 Å². The lowest BCUT2D eigenvalue weighted by Gasteiger charge is -2.03. The van der Waals surface area contributed by atoms with Gasteiger partial charge in [0.1, 0.15) is 0 Å². The lowest BCUT2D eigenvalue weighted by molar-refractivity contribution is 0.130. The summed E-state index contributed by atoms with van der Waals surface area (Å²) >= 11 is 0. The molecule has 0 N–H and O–H groups in total. The Kier molecular flexibility index (Phi) is 12.5. The molecule has 122 valence electrons. The highest BCUT2D eigenvalue weighted by Gasteiger charge is 1.92. The van der Waals surface area contributed by atoms with Crippen molar-refractivity contribution in [3.63, 3.8) is 0 Å². The molecule has 0 aliphatic heterocycles. The number of hydrogen-bond donors (Lipinski definition) is 0. The van der Waals surface area contributed by atoms with Gasteiger partial charge in [-0.1, -0.05) is 75.5 Å². The van der Waals surface area contributed by atoms with Crippen molar-refractivity contribution in [1.82, 2.24) is 0 Å². The van der Waals surface area contributed by atoms with Crippen LogP contribution in [-0.4, -0.2) is 13.2 Å². The molecule has 0 unspecified atom stereocenters. The van der Waals surface area contributed by atoms with Crippen molar-refractivity contribution in [1.29, 1.82) is 0 Å². The van der Waals surface area contributed by atoms with Gasteiger partial charge in [-0.05, 0) is 31.4 Å². The largest absolute Gasteiger partial charge is 0.381 e. The molecule has 1 aromatic rings. The van der Waals surface area contributed by atoms with Gasteiger partial charge in [-0.3, -0.25) is 0 Å². The molecule has 0 saturated carbocycles. The van der Waals surface area contributed by atoms with E-state index in [2.05, 4.69) is 30.9 Å². The number of rotatable bonds is 12. The zero-order valence-corrected chi connectivity index (χ0v) is 14.3. The number of unbranched alkanes of at least 4 members (excludes halogenated alkanes) is 8. The van der Waals surface area contributed by atoms with Gasteiger partial charge >= 0.3 is 0 Å². The van der Waals surface area contributed by atoms with Crippen LogP contribution in [0, 0.1) is 11.8 Å². The van der Waals surface area contributed by atoms with E-state index in [1.54, 1.807) is 0 Å². The van der Waals surface area contributed by atoms with Gasteiger partial charge < -0.3 is 4.74 Å². The summed E-state index contributed by atoms with van der Waals surface area (Å²) < 4.78 is 5.48. The molecule has 0 aliphatic rings. The van der Waals surface area contributed by atoms with Crippen molar-refractivity contribution in [3.8, 4) is 11.8 Å². The molecule has 1 nitrogen and oxygen atoms in total. The molecule has 0 bridgehead atoms. The van der Waals surface area contributed by atoms with Gasteiger partial charge in [0.25, 0.3) is 0 Å². The van der Waals surface area contributed by atoms with Gasteiger partial charge in [-0.25, -0.2) is 0 Å². The van der Waals surface area contributed by atoms with Crippen molar-refractivity contribution in [2.24, 2.45) is 0 Å². The Hall–Kier alpha value is -1.26. The summed E-state index contributed by atoms with van der Waals surface area (Å²) in [6.45, 7) is 4.04. The third-order valence-electron chi connectivity index (χ3n) is 3.70. The first-order valence-corrected chi connectivity index (χ1v) is 9.05. The van der Waals surface area contributed by atoms with Crippen LogP contribution in [0.5, 0.6) is 0 Å². The highest BCUT2D eigenvalue weighted by Crippen LogP contribution is 2.09. The second-order valence-electron chi connectivity index (χ2n) is 5.86. The molecular formula is C21H32O. The van der Waals surface area contributed by atoms with E-state index in [-0.39, 0.29) is 0 Å². The van der Waals surface area contributed by atoms with E-state index < -0.39 is 0 Å². The Morgan fingerprint density at radius 3 is 2.09 bits per heavy atom. The van der Waals surface area contributed by atoms with Crippen molar-refractivity contribution in [2.75, 3.05) is 13.2 Å². The summed E-state index contributed by atoms with van der Waals surface area (Å²) in [5.74, 6) is 6.50. The number of hydrogen-bond acceptors (Lipinski definition) is 1. The lowest BCUT2D eigenvalue weighted by Crippen LogP contribution is -1.95. The standard InChI is InChI=1S/C21H32O/c1-2-19-22-20-15-10-8-6-4-3-5-7-9-12-16-21-17-13-11-14-18-21/h11,13-14,17-18H,2-10,15,19-20H2,1H3. The van der Waals surface area contributed by atoms with Gasteiger partial charge in [-0.15, -0.1) is 0 Å². The minimum absolute atomic E-state index is 0.924. The third kappa shape index (κ3) is 11.4.